The highest BCUT2D eigenvalue weighted by Crippen LogP contribution is 2.28. The van der Waals surface area contributed by atoms with Crippen molar-refractivity contribution >= 4 is 52.8 Å². The van der Waals surface area contributed by atoms with Crippen molar-refractivity contribution in [1.82, 2.24) is 15.5 Å². The van der Waals surface area contributed by atoms with Crippen LogP contribution >= 0.6 is 0 Å². The van der Waals surface area contributed by atoms with Gasteiger partial charge < -0.3 is 36.1 Å². The topological polar surface area (TPSA) is 207 Å². The SMILES string of the molecule is CC(=O)OCc1ccc(NC(=O)[C@H](C)NC(=O)[C@@H](NC(=O)Cc2ccc(N3C(=O)CC(C)C3=O)cc2)C(C)C)cc1CN(C)C(=O)C(C)(C)CCOCCC(C)CCN. The van der Waals surface area contributed by atoms with Gasteiger partial charge in [0.15, 0.2) is 0 Å². The van der Waals surface area contributed by atoms with Crippen molar-refractivity contribution < 1.29 is 43.0 Å². The molecule has 1 aliphatic heterocycles. The first-order chi connectivity index (χ1) is 27.7. The van der Waals surface area contributed by atoms with Crippen LogP contribution in [0.2, 0.25) is 0 Å². The lowest BCUT2D eigenvalue weighted by atomic mass is 9.88. The van der Waals surface area contributed by atoms with E-state index in [1.807, 2.05) is 13.8 Å². The standard InChI is InChI=1S/C44H64N6O9/c1-27(2)39(48-37(52)23-32-10-14-36(15-11-32)50-38(53)22-29(4)42(50)56)41(55)46-30(5)40(54)47-35-13-12-33(26-59-31(6)51)34(24-35)25-49(9)43(57)44(7,8)18-21-58-20-17-28(3)16-19-45/h10-15,24,27-30,39H,16-23,25-26,45H2,1-9H3,(H,46,55)(H,47,54)(H,48,52)/t28?,29?,30-,39-/m0/s1. The Bertz CT molecular complexity index is 1810. The fraction of sp³-hybridized carbons (Fsp3) is 0.568. The minimum absolute atomic E-state index is 0.0270. The van der Waals surface area contributed by atoms with Gasteiger partial charge in [-0.3, -0.25) is 38.5 Å². The maximum Gasteiger partial charge on any atom is 0.302 e. The number of anilines is 2. The normalized spacial score (nSPS) is 15.7. The first-order valence-corrected chi connectivity index (χ1v) is 20.4. The number of carbonyl (C=O) groups excluding carboxylic acids is 7. The maximum atomic E-state index is 13.6. The molecule has 1 saturated heterocycles. The van der Waals surface area contributed by atoms with Crippen LogP contribution in [0.25, 0.3) is 0 Å². The molecule has 0 spiro atoms. The predicted molar refractivity (Wildman–Crippen MR) is 224 cm³/mol. The number of ether oxygens (including phenoxy) is 2. The van der Waals surface area contributed by atoms with Crippen molar-refractivity contribution in [2.45, 2.75) is 113 Å². The molecule has 0 aromatic heterocycles. The largest absolute Gasteiger partial charge is 0.461 e. The quantitative estimate of drug-likeness (QED) is 0.0755. The van der Waals surface area contributed by atoms with E-state index in [2.05, 4.69) is 22.9 Å². The molecule has 324 valence electrons. The fourth-order valence-electron chi connectivity index (χ4n) is 6.65. The van der Waals surface area contributed by atoms with Gasteiger partial charge in [-0.1, -0.05) is 59.7 Å². The van der Waals surface area contributed by atoms with Gasteiger partial charge >= 0.3 is 5.97 Å². The number of esters is 1. The smallest absolute Gasteiger partial charge is 0.302 e. The number of hydrogen-bond acceptors (Lipinski definition) is 10. The van der Waals surface area contributed by atoms with Crippen LogP contribution in [0.3, 0.4) is 0 Å². The lowest BCUT2D eigenvalue weighted by Gasteiger charge is -2.30. The van der Waals surface area contributed by atoms with Crippen LogP contribution in [0.4, 0.5) is 11.4 Å². The van der Waals surface area contributed by atoms with Crippen molar-refractivity contribution in [2.75, 3.05) is 37.0 Å². The van der Waals surface area contributed by atoms with Gasteiger partial charge in [0.2, 0.25) is 35.4 Å². The molecule has 0 bridgehead atoms. The first kappa shape index (κ1) is 48.2. The van der Waals surface area contributed by atoms with E-state index in [9.17, 15) is 33.6 Å². The van der Waals surface area contributed by atoms with Gasteiger partial charge in [0.05, 0.1) is 12.1 Å². The molecule has 6 amide bonds. The van der Waals surface area contributed by atoms with Crippen LogP contribution < -0.4 is 26.6 Å². The van der Waals surface area contributed by atoms with Crippen molar-refractivity contribution in [3.8, 4) is 0 Å². The molecule has 5 N–H and O–H groups in total. The number of benzene rings is 2. The molecule has 2 aromatic carbocycles. The number of imide groups is 1. The van der Waals surface area contributed by atoms with E-state index in [0.717, 1.165) is 17.7 Å². The molecule has 4 atom stereocenters. The Kier molecular flexibility index (Phi) is 18.2. The molecule has 1 heterocycles. The van der Waals surface area contributed by atoms with Crippen LogP contribution in [0.15, 0.2) is 42.5 Å². The molecule has 0 saturated carbocycles. The van der Waals surface area contributed by atoms with Crippen LogP contribution in [0.1, 0.15) is 97.8 Å². The van der Waals surface area contributed by atoms with Crippen molar-refractivity contribution in [3.05, 3.63) is 59.2 Å². The molecule has 3 rings (SSSR count). The molecule has 2 unspecified atom stereocenters. The third-order valence-corrected chi connectivity index (χ3v) is 10.5. The van der Waals surface area contributed by atoms with Crippen LogP contribution in [0.5, 0.6) is 0 Å². The molecule has 0 radical (unpaired) electrons. The lowest BCUT2D eigenvalue weighted by molar-refractivity contribution is -0.142. The second-order valence-corrected chi connectivity index (χ2v) is 16.7. The first-order valence-electron chi connectivity index (χ1n) is 20.4. The minimum atomic E-state index is -0.993. The van der Waals surface area contributed by atoms with Gasteiger partial charge in [0.1, 0.15) is 18.7 Å². The van der Waals surface area contributed by atoms with Crippen molar-refractivity contribution in [1.29, 1.82) is 0 Å². The highest BCUT2D eigenvalue weighted by molar-refractivity contribution is 6.20. The zero-order chi connectivity index (χ0) is 44.0. The van der Waals surface area contributed by atoms with Gasteiger partial charge in [-0.25, -0.2) is 0 Å². The highest BCUT2D eigenvalue weighted by atomic mass is 16.5. The molecule has 15 nitrogen and oxygen atoms in total. The Labute approximate surface area is 348 Å². The average molecular weight is 821 g/mol. The number of rotatable bonds is 22. The summed E-state index contributed by atoms with van der Waals surface area (Å²) in [6.45, 7) is 15.8. The van der Waals surface area contributed by atoms with E-state index in [-0.39, 0.29) is 55.6 Å². The number of amides is 6. The number of hydrogen-bond donors (Lipinski definition) is 4. The van der Waals surface area contributed by atoms with Crippen molar-refractivity contribution in [3.63, 3.8) is 0 Å². The summed E-state index contributed by atoms with van der Waals surface area (Å²) >= 11 is 0. The van der Waals surface area contributed by atoms with Gasteiger partial charge in [-0.2, -0.15) is 0 Å². The highest BCUT2D eigenvalue weighted by Gasteiger charge is 2.37. The van der Waals surface area contributed by atoms with E-state index < -0.39 is 41.2 Å². The summed E-state index contributed by atoms with van der Waals surface area (Å²) in [5.74, 6) is -2.80. The Morgan fingerprint density at radius 3 is 2.20 bits per heavy atom. The molecule has 0 aliphatic carbocycles. The molecule has 15 heteroatoms. The zero-order valence-electron chi connectivity index (χ0n) is 36.1. The Balaban J connectivity index is 1.61. The lowest BCUT2D eigenvalue weighted by Crippen LogP contribution is -2.54. The van der Waals surface area contributed by atoms with Gasteiger partial charge in [0.25, 0.3) is 0 Å². The van der Waals surface area contributed by atoms with E-state index >= 15 is 0 Å². The monoisotopic (exact) mass is 820 g/mol. The Morgan fingerprint density at radius 1 is 0.932 bits per heavy atom. The third-order valence-electron chi connectivity index (χ3n) is 10.5. The number of carbonyl (C=O) groups is 7. The summed E-state index contributed by atoms with van der Waals surface area (Å²) in [5, 5.41) is 8.28. The number of nitrogens with zero attached hydrogens (tertiary/aromatic N) is 2. The van der Waals surface area contributed by atoms with E-state index in [1.54, 1.807) is 75.2 Å². The maximum absolute atomic E-state index is 13.6. The summed E-state index contributed by atoms with van der Waals surface area (Å²) in [5.41, 5.74) is 7.70. The minimum Gasteiger partial charge on any atom is -0.461 e. The summed E-state index contributed by atoms with van der Waals surface area (Å²) in [6.07, 6.45) is 2.46. The van der Waals surface area contributed by atoms with Crippen molar-refractivity contribution in [2.24, 2.45) is 28.9 Å². The molecular weight excluding hydrogens is 757 g/mol. The third kappa shape index (κ3) is 14.6. The summed E-state index contributed by atoms with van der Waals surface area (Å²) in [7, 11) is 1.69. The van der Waals surface area contributed by atoms with Gasteiger partial charge in [-0.05, 0) is 85.5 Å². The van der Waals surface area contributed by atoms with Gasteiger partial charge in [0, 0.05) is 57.2 Å². The molecule has 2 aromatic rings. The molecule has 1 aliphatic rings. The fourth-order valence-corrected chi connectivity index (χ4v) is 6.65. The molecule has 59 heavy (non-hydrogen) atoms. The van der Waals surface area contributed by atoms with Crippen LogP contribution in [-0.2, 0) is 62.6 Å². The summed E-state index contributed by atoms with van der Waals surface area (Å²) in [4.78, 5) is 92.5. The second-order valence-electron chi connectivity index (χ2n) is 16.7. The van der Waals surface area contributed by atoms with E-state index in [0.29, 0.717) is 60.2 Å². The van der Waals surface area contributed by atoms with E-state index in [4.69, 9.17) is 15.2 Å². The van der Waals surface area contributed by atoms with Crippen LogP contribution in [-0.4, -0.2) is 85.2 Å². The number of nitrogens with two attached hydrogens (primary N) is 1. The Morgan fingerprint density at radius 2 is 1.61 bits per heavy atom. The van der Waals surface area contributed by atoms with E-state index in [1.165, 1.54) is 13.8 Å². The predicted octanol–water partition coefficient (Wildman–Crippen LogP) is 4.24. The van der Waals surface area contributed by atoms with Crippen LogP contribution in [0, 0.1) is 23.2 Å². The van der Waals surface area contributed by atoms with Gasteiger partial charge in [-0.15, -0.1) is 0 Å². The average Bonchev–Trinajstić information content (AvgIpc) is 3.42. The second kappa shape index (κ2) is 22.3. The summed E-state index contributed by atoms with van der Waals surface area (Å²) in [6, 6.07) is 9.68. The Hall–Kier alpha value is -5.15. The summed E-state index contributed by atoms with van der Waals surface area (Å²) < 4.78 is 11.1. The number of nitrogens with one attached hydrogen (secondary N) is 3. The zero-order valence-corrected chi connectivity index (χ0v) is 36.1. The molecular formula is C44H64N6O9. The molecule has 1 fully saturated rings.